The maximum Gasteiger partial charge on any atom is 0.327 e. The van der Waals surface area contributed by atoms with Crippen molar-refractivity contribution in [1.29, 1.82) is 0 Å². The number of carbonyl (C=O) groups is 3. The van der Waals surface area contributed by atoms with Gasteiger partial charge in [-0.2, -0.15) is 0 Å². The Kier molecular flexibility index (Phi) is 11.6. The van der Waals surface area contributed by atoms with Gasteiger partial charge in [-0.05, 0) is 56.4 Å². The number of benzene rings is 2. The average Bonchev–Trinajstić information content (AvgIpc) is 2.97. The zero-order valence-electron chi connectivity index (χ0n) is 23.3. The van der Waals surface area contributed by atoms with Crippen LogP contribution in [0.5, 0.6) is 11.5 Å². The minimum absolute atomic E-state index is 0.0690. The molecular formula is C28H31Cl2F2N2O9P. The summed E-state index contributed by atoms with van der Waals surface area (Å²) in [5.74, 6) is -2.72. The van der Waals surface area contributed by atoms with Crippen molar-refractivity contribution in [2.24, 2.45) is 0 Å². The predicted octanol–water partition coefficient (Wildman–Crippen LogP) is 4.34. The van der Waals surface area contributed by atoms with Gasteiger partial charge in [0, 0.05) is 30.5 Å². The molecule has 3 aliphatic carbocycles. The van der Waals surface area contributed by atoms with E-state index in [0.717, 1.165) is 12.1 Å². The smallest absolute Gasteiger partial charge is 0.327 e. The number of carbonyl (C=O) groups excluding carboxylic acids is 3. The molecule has 3 saturated carbocycles. The third-order valence-electron chi connectivity index (χ3n) is 7.61. The van der Waals surface area contributed by atoms with E-state index in [4.69, 9.17) is 47.2 Å². The summed E-state index contributed by atoms with van der Waals surface area (Å²) in [5.41, 5.74) is -1.71. The van der Waals surface area contributed by atoms with E-state index >= 15 is 0 Å². The Morgan fingerprint density at radius 3 is 1.95 bits per heavy atom. The first-order chi connectivity index (χ1) is 20.9. The van der Waals surface area contributed by atoms with Gasteiger partial charge in [0.1, 0.15) is 29.2 Å². The molecule has 0 spiro atoms. The summed E-state index contributed by atoms with van der Waals surface area (Å²) < 4.78 is 48.8. The van der Waals surface area contributed by atoms with Gasteiger partial charge < -0.3 is 39.2 Å². The summed E-state index contributed by atoms with van der Waals surface area (Å²) >= 11 is 11.4. The lowest BCUT2D eigenvalue weighted by molar-refractivity contribution is -0.167. The molecule has 4 N–H and O–H groups in total. The highest BCUT2D eigenvalue weighted by atomic mass is 35.5. The number of amides is 2. The second-order valence-electron chi connectivity index (χ2n) is 10.6. The van der Waals surface area contributed by atoms with Gasteiger partial charge in [-0.15, -0.1) is 0 Å². The Balaban J connectivity index is 1.40. The highest BCUT2D eigenvalue weighted by Crippen LogP contribution is 2.48. The molecule has 240 valence electrons. The Hall–Kier alpha value is -2.80. The fourth-order valence-corrected chi connectivity index (χ4v) is 5.97. The molecule has 44 heavy (non-hydrogen) atoms. The molecule has 2 amide bonds. The van der Waals surface area contributed by atoms with Gasteiger partial charge in [0.05, 0.1) is 22.2 Å². The summed E-state index contributed by atoms with van der Waals surface area (Å²) in [5, 5.41) is 5.76. The minimum atomic E-state index is -2.54. The highest BCUT2D eigenvalue weighted by Gasteiger charge is 2.57. The van der Waals surface area contributed by atoms with Crippen molar-refractivity contribution in [1.82, 2.24) is 10.6 Å². The number of hydrogen-bond acceptors (Lipinski definition) is 9. The van der Waals surface area contributed by atoms with E-state index < -0.39 is 68.4 Å². The van der Waals surface area contributed by atoms with Gasteiger partial charge in [0.15, 0.2) is 13.2 Å². The van der Waals surface area contributed by atoms with Crippen LogP contribution < -0.4 is 20.1 Å². The maximum atomic E-state index is 13.8. The van der Waals surface area contributed by atoms with Crippen molar-refractivity contribution in [2.75, 3.05) is 19.8 Å². The first-order valence-corrected chi connectivity index (χ1v) is 15.6. The van der Waals surface area contributed by atoms with Crippen LogP contribution in [-0.4, -0.2) is 64.6 Å². The molecule has 11 nitrogen and oxygen atoms in total. The summed E-state index contributed by atoms with van der Waals surface area (Å²) in [6, 6.07) is 7.61. The summed E-state index contributed by atoms with van der Waals surface area (Å²) in [6.07, 6.45) is 1.08. The van der Waals surface area contributed by atoms with Crippen molar-refractivity contribution in [3.63, 3.8) is 0 Å². The topological polar surface area (TPSA) is 153 Å². The van der Waals surface area contributed by atoms with Gasteiger partial charge in [0.2, 0.25) is 0 Å². The SMILES string of the molecule is O=C(COc1ccc(Cl)c(F)c1)NC12CCC(NC(=O)COc3ccc(Cl)c(F)c3)(CC1)C(OC(=O)CCCOP(O)O)C2. The second-order valence-corrected chi connectivity index (χ2v) is 12.2. The van der Waals surface area contributed by atoms with Crippen LogP contribution in [-0.2, 0) is 23.6 Å². The normalized spacial score (nSPS) is 22.4. The van der Waals surface area contributed by atoms with Crippen molar-refractivity contribution in [3.05, 3.63) is 58.1 Å². The van der Waals surface area contributed by atoms with E-state index in [9.17, 15) is 23.2 Å². The number of esters is 1. The van der Waals surface area contributed by atoms with Gasteiger partial charge in [-0.3, -0.25) is 14.4 Å². The fourth-order valence-electron chi connectivity index (χ4n) is 5.44. The molecule has 0 heterocycles. The Morgan fingerprint density at radius 2 is 1.43 bits per heavy atom. The molecule has 1 atom stereocenters. The van der Waals surface area contributed by atoms with Crippen LogP contribution in [0.4, 0.5) is 8.78 Å². The molecule has 0 aliphatic heterocycles. The lowest BCUT2D eigenvalue weighted by Crippen LogP contribution is -2.71. The molecule has 1 unspecified atom stereocenters. The standard InChI is InChI=1S/C28H31Cl2F2N2O9P/c29-19-5-3-17(12-21(19)31)40-15-24(35)33-27-7-9-28(10-8-27,23(14-27)43-26(37)2-1-11-42-44(38)39)34-25(36)16-41-18-4-6-20(30)22(32)13-18/h3-6,12-13,23,38-39H,1-2,7-11,14-16H2,(H,33,35)(H,34,36). The van der Waals surface area contributed by atoms with Gasteiger partial charge in [0.25, 0.3) is 11.8 Å². The predicted molar refractivity (Wildman–Crippen MR) is 155 cm³/mol. The summed E-state index contributed by atoms with van der Waals surface area (Å²) in [4.78, 5) is 56.3. The highest BCUT2D eigenvalue weighted by molar-refractivity contribution is 7.39. The first-order valence-electron chi connectivity index (χ1n) is 13.7. The molecule has 3 aliphatic rings. The van der Waals surface area contributed by atoms with Crippen LogP contribution in [0.15, 0.2) is 36.4 Å². The second kappa shape index (κ2) is 15.0. The molecule has 5 rings (SSSR count). The zero-order valence-corrected chi connectivity index (χ0v) is 25.7. The molecule has 2 aromatic rings. The van der Waals surface area contributed by atoms with Crippen LogP contribution in [0.3, 0.4) is 0 Å². The third-order valence-corrected chi connectivity index (χ3v) is 8.64. The zero-order chi connectivity index (χ0) is 31.9. The molecule has 0 saturated heterocycles. The summed E-state index contributed by atoms with van der Waals surface area (Å²) in [6.45, 7) is -0.896. The minimum Gasteiger partial charge on any atom is -0.484 e. The van der Waals surface area contributed by atoms with E-state index in [1.54, 1.807) is 0 Å². The Morgan fingerprint density at radius 1 is 0.886 bits per heavy atom. The number of hydrogen-bond donors (Lipinski definition) is 4. The van der Waals surface area contributed by atoms with Gasteiger partial charge in [-0.1, -0.05) is 23.2 Å². The molecule has 0 aromatic heterocycles. The third kappa shape index (κ3) is 9.12. The largest absolute Gasteiger partial charge is 0.484 e. The van der Waals surface area contributed by atoms with E-state index in [1.165, 1.54) is 24.3 Å². The first kappa shape index (κ1) is 34.1. The van der Waals surface area contributed by atoms with E-state index in [0.29, 0.717) is 25.7 Å². The van der Waals surface area contributed by atoms with Crippen molar-refractivity contribution in [3.8, 4) is 11.5 Å². The number of fused-ring (bicyclic) bond motifs is 3. The Labute approximate surface area is 263 Å². The molecule has 3 fully saturated rings. The van der Waals surface area contributed by atoms with Crippen LogP contribution in [0, 0.1) is 11.6 Å². The molecule has 16 heteroatoms. The van der Waals surface area contributed by atoms with Crippen molar-refractivity contribution in [2.45, 2.75) is 62.1 Å². The Bertz CT molecular complexity index is 1360. The number of rotatable bonds is 14. The average molecular weight is 679 g/mol. The van der Waals surface area contributed by atoms with Crippen LogP contribution >= 0.6 is 31.8 Å². The monoisotopic (exact) mass is 678 g/mol. The van der Waals surface area contributed by atoms with E-state index in [1.807, 2.05) is 0 Å². The molecule has 2 bridgehead atoms. The lowest BCUT2D eigenvalue weighted by atomic mass is 9.59. The molecule has 2 aromatic carbocycles. The lowest BCUT2D eigenvalue weighted by Gasteiger charge is -2.57. The van der Waals surface area contributed by atoms with E-state index in [2.05, 4.69) is 15.2 Å². The maximum absolute atomic E-state index is 13.8. The van der Waals surface area contributed by atoms with Gasteiger partial charge >= 0.3 is 14.6 Å². The quantitative estimate of drug-likeness (QED) is 0.130. The fraction of sp³-hybridized carbons (Fsp3) is 0.464. The van der Waals surface area contributed by atoms with Crippen LogP contribution in [0.2, 0.25) is 10.0 Å². The van der Waals surface area contributed by atoms with Crippen molar-refractivity contribution >= 4 is 49.6 Å². The number of ether oxygens (including phenoxy) is 3. The van der Waals surface area contributed by atoms with Crippen LogP contribution in [0.1, 0.15) is 44.9 Å². The number of halogens is 4. The van der Waals surface area contributed by atoms with Crippen molar-refractivity contribution < 1.29 is 51.7 Å². The van der Waals surface area contributed by atoms with Gasteiger partial charge in [-0.25, -0.2) is 8.78 Å². The van der Waals surface area contributed by atoms with Crippen LogP contribution in [0.25, 0.3) is 0 Å². The molecular weight excluding hydrogens is 648 g/mol. The van der Waals surface area contributed by atoms with E-state index in [-0.39, 0.29) is 47.4 Å². The number of nitrogens with one attached hydrogen (secondary N) is 2. The molecule has 0 radical (unpaired) electrons. The summed E-state index contributed by atoms with van der Waals surface area (Å²) in [7, 11) is -2.54.